The highest BCUT2D eigenvalue weighted by Gasteiger charge is 2.17. The van der Waals surface area contributed by atoms with Crippen molar-refractivity contribution in [2.24, 2.45) is 0 Å². The van der Waals surface area contributed by atoms with Gasteiger partial charge in [-0.25, -0.2) is 0 Å². The molecular formula is C15H19ClN2O4. The van der Waals surface area contributed by atoms with Crippen LogP contribution in [0, 0.1) is 10.1 Å². The van der Waals surface area contributed by atoms with E-state index in [4.69, 9.17) is 16.3 Å². The Morgan fingerprint density at radius 3 is 2.45 bits per heavy atom. The molecule has 1 aromatic carbocycles. The minimum absolute atomic E-state index is 0.00112. The van der Waals surface area contributed by atoms with Gasteiger partial charge in [0, 0.05) is 25.2 Å². The van der Waals surface area contributed by atoms with E-state index in [0.29, 0.717) is 5.75 Å². The molecule has 0 spiro atoms. The third-order valence-electron chi connectivity index (χ3n) is 3.69. The van der Waals surface area contributed by atoms with Crippen LogP contribution in [-0.4, -0.2) is 35.4 Å². The minimum Gasteiger partial charge on any atom is -0.484 e. The summed E-state index contributed by atoms with van der Waals surface area (Å²) in [6, 6.07) is 4.09. The average Bonchev–Trinajstić information content (AvgIpc) is 2.44. The summed E-state index contributed by atoms with van der Waals surface area (Å²) in [6.45, 7) is 1.46. The molecule has 1 heterocycles. The summed E-state index contributed by atoms with van der Waals surface area (Å²) in [5.74, 6) is 0.298. The fourth-order valence-corrected chi connectivity index (χ4v) is 2.70. The van der Waals surface area contributed by atoms with E-state index < -0.39 is 4.92 Å². The first-order valence-corrected chi connectivity index (χ1v) is 7.80. The molecule has 0 N–H and O–H groups in total. The van der Waals surface area contributed by atoms with Gasteiger partial charge in [0.1, 0.15) is 10.8 Å². The number of likely N-dealkylation sites (tertiary alicyclic amines) is 1. The summed E-state index contributed by atoms with van der Waals surface area (Å²) in [5, 5.41) is 10.7. The van der Waals surface area contributed by atoms with Crippen molar-refractivity contribution in [3.05, 3.63) is 33.3 Å². The topological polar surface area (TPSA) is 72.7 Å². The van der Waals surface area contributed by atoms with Crippen LogP contribution < -0.4 is 4.74 Å². The maximum Gasteiger partial charge on any atom is 0.288 e. The number of carbonyl (C=O) groups excluding carboxylic acids is 1. The molecule has 1 aliphatic rings. The van der Waals surface area contributed by atoms with Crippen molar-refractivity contribution in [2.45, 2.75) is 32.1 Å². The zero-order valence-corrected chi connectivity index (χ0v) is 13.1. The minimum atomic E-state index is -0.558. The molecule has 0 unspecified atom stereocenters. The second-order valence-corrected chi connectivity index (χ2v) is 5.71. The van der Waals surface area contributed by atoms with Crippen molar-refractivity contribution in [2.75, 3.05) is 19.7 Å². The summed E-state index contributed by atoms with van der Waals surface area (Å²) in [5.41, 5.74) is -0.177. The van der Waals surface area contributed by atoms with Crippen molar-refractivity contribution < 1.29 is 14.5 Å². The van der Waals surface area contributed by atoms with E-state index in [1.54, 1.807) is 0 Å². The third-order valence-corrected chi connectivity index (χ3v) is 3.99. The van der Waals surface area contributed by atoms with E-state index in [1.165, 1.54) is 24.6 Å². The number of nitro groups is 1. The van der Waals surface area contributed by atoms with Crippen LogP contribution in [0.2, 0.25) is 5.02 Å². The lowest BCUT2D eigenvalue weighted by atomic mass is 10.1. The van der Waals surface area contributed by atoms with Gasteiger partial charge >= 0.3 is 0 Å². The molecule has 6 nitrogen and oxygen atoms in total. The fraction of sp³-hybridized carbons (Fsp3) is 0.533. The van der Waals surface area contributed by atoms with Gasteiger partial charge in [0.05, 0.1) is 4.92 Å². The normalized spacial score (nSPS) is 15.8. The molecule has 1 aromatic rings. The highest BCUT2D eigenvalue weighted by atomic mass is 35.5. The zero-order chi connectivity index (χ0) is 15.9. The van der Waals surface area contributed by atoms with Gasteiger partial charge in [-0.15, -0.1) is 0 Å². The molecule has 0 aliphatic carbocycles. The van der Waals surface area contributed by atoms with Gasteiger partial charge < -0.3 is 9.64 Å². The highest BCUT2D eigenvalue weighted by molar-refractivity contribution is 6.32. The molecule has 0 radical (unpaired) electrons. The van der Waals surface area contributed by atoms with Gasteiger partial charge in [0.25, 0.3) is 11.6 Å². The number of nitrogens with zero attached hydrogens (tertiary/aromatic N) is 2. The average molecular weight is 327 g/mol. The van der Waals surface area contributed by atoms with Crippen LogP contribution in [0.3, 0.4) is 0 Å². The van der Waals surface area contributed by atoms with Crippen molar-refractivity contribution in [1.82, 2.24) is 4.90 Å². The SMILES string of the molecule is O=C(COc1ccc([N+](=O)[O-])c(Cl)c1)N1CCCCCCC1. The molecule has 1 aliphatic heterocycles. The largest absolute Gasteiger partial charge is 0.484 e. The van der Waals surface area contributed by atoms with Gasteiger partial charge in [-0.3, -0.25) is 14.9 Å². The number of rotatable bonds is 4. The molecule has 22 heavy (non-hydrogen) atoms. The first kappa shape index (κ1) is 16.5. The van der Waals surface area contributed by atoms with Crippen LogP contribution in [0.25, 0.3) is 0 Å². The van der Waals surface area contributed by atoms with Crippen molar-refractivity contribution >= 4 is 23.2 Å². The van der Waals surface area contributed by atoms with Crippen LogP contribution in [0.1, 0.15) is 32.1 Å². The summed E-state index contributed by atoms with van der Waals surface area (Å²) in [6.07, 6.45) is 5.59. The van der Waals surface area contributed by atoms with Gasteiger partial charge in [-0.2, -0.15) is 0 Å². The third kappa shape index (κ3) is 4.59. The van der Waals surface area contributed by atoms with E-state index in [2.05, 4.69) is 0 Å². The highest BCUT2D eigenvalue weighted by Crippen LogP contribution is 2.28. The van der Waals surface area contributed by atoms with Crippen molar-refractivity contribution in [3.63, 3.8) is 0 Å². The number of carbonyl (C=O) groups is 1. The smallest absolute Gasteiger partial charge is 0.288 e. The number of amides is 1. The molecule has 0 atom stereocenters. The lowest BCUT2D eigenvalue weighted by Crippen LogP contribution is -2.37. The molecular weight excluding hydrogens is 308 g/mol. The monoisotopic (exact) mass is 326 g/mol. The molecule has 0 saturated carbocycles. The molecule has 120 valence electrons. The first-order chi connectivity index (χ1) is 10.6. The first-order valence-electron chi connectivity index (χ1n) is 7.42. The van der Waals surface area contributed by atoms with Crippen LogP contribution in [0.4, 0.5) is 5.69 Å². The Bertz CT molecular complexity index is 542. The molecule has 1 fully saturated rings. The second kappa shape index (κ2) is 7.98. The van der Waals surface area contributed by atoms with E-state index in [1.807, 2.05) is 4.90 Å². The van der Waals surface area contributed by atoms with E-state index >= 15 is 0 Å². The molecule has 7 heteroatoms. The fourth-order valence-electron chi connectivity index (χ4n) is 2.46. The Balaban J connectivity index is 1.90. The molecule has 1 saturated heterocycles. The van der Waals surface area contributed by atoms with Crippen molar-refractivity contribution in [1.29, 1.82) is 0 Å². The van der Waals surface area contributed by atoms with Gasteiger partial charge in [0.2, 0.25) is 0 Å². The van der Waals surface area contributed by atoms with E-state index in [9.17, 15) is 14.9 Å². The van der Waals surface area contributed by atoms with Crippen LogP contribution in [0.5, 0.6) is 5.75 Å². The Morgan fingerprint density at radius 1 is 1.23 bits per heavy atom. The molecule has 0 bridgehead atoms. The Labute approximate surface area is 134 Å². The lowest BCUT2D eigenvalue weighted by Gasteiger charge is -2.24. The molecule has 0 aromatic heterocycles. The van der Waals surface area contributed by atoms with Gasteiger partial charge in [0.15, 0.2) is 6.61 Å². The number of ether oxygens (including phenoxy) is 1. The van der Waals surface area contributed by atoms with Crippen molar-refractivity contribution in [3.8, 4) is 5.75 Å². The second-order valence-electron chi connectivity index (χ2n) is 5.31. The number of halogens is 1. The van der Waals surface area contributed by atoms with Crippen LogP contribution in [-0.2, 0) is 4.79 Å². The zero-order valence-electron chi connectivity index (χ0n) is 12.3. The summed E-state index contributed by atoms with van der Waals surface area (Å²) < 4.78 is 5.41. The molecule has 2 rings (SSSR count). The maximum absolute atomic E-state index is 12.2. The standard InChI is InChI=1S/C15H19ClN2O4/c16-13-10-12(6-7-14(13)18(20)21)22-11-15(19)17-8-4-2-1-3-5-9-17/h6-7,10H,1-5,8-9,11H2. The van der Waals surface area contributed by atoms with Gasteiger partial charge in [-0.05, 0) is 18.9 Å². The predicted octanol–water partition coefficient (Wildman–Crippen LogP) is 3.42. The van der Waals surface area contributed by atoms with E-state index in [-0.39, 0.29) is 23.2 Å². The Hall–Kier alpha value is -1.82. The summed E-state index contributed by atoms with van der Waals surface area (Å²) in [4.78, 5) is 24.1. The summed E-state index contributed by atoms with van der Waals surface area (Å²) >= 11 is 5.81. The number of nitro benzene ring substituents is 1. The number of hydrogen-bond acceptors (Lipinski definition) is 4. The van der Waals surface area contributed by atoms with Gasteiger partial charge in [-0.1, -0.05) is 30.9 Å². The number of benzene rings is 1. The predicted molar refractivity (Wildman–Crippen MR) is 83.3 cm³/mol. The van der Waals surface area contributed by atoms with Crippen LogP contribution >= 0.6 is 11.6 Å². The summed E-state index contributed by atoms with van der Waals surface area (Å²) in [7, 11) is 0. The lowest BCUT2D eigenvalue weighted by molar-refractivity contribution is -0.384. The Kier molecular flexibility index (Phi) is 6.00. The molecule has 1 amide bonds. The quantitative estimate of drug-likeness (QED) is 0.627. The maximum atomic E-state index is 12.2. The van der Waals surface area contributed by atoms with Crippen LogP contribution in [0.15, 0.2) is 18.2 Å². The number of hydrogen-bond donors (Lipinski definition) is 0. The van der Waals surface area contributed by atoms with E-state index in [0.717, 1.165) is 38.8 Å². The Morgan fingerprint density at radius 2 is 1.86 bits per heavy atom.